The molecule has 0 spiro atoms. The first kappa shape index (κ1) is 13.5. The molecule has 0 bridgehead atoms. The standard InChI is InChI=1S/C16H13Cl2NO/c17-11-6-5-10-7-16(20)19-9-14(13(10)8-11)12-3-1-2-4-15(12)18/h1-6,8,14H,7,9H2,(H,19,20). The maximum atomic E-state index is 11.8. The zero-order valence-electron chi connectivity index (χ0n) is 10.7. The number of benzene rings is 2. The summed E-state index contributed by atoms with van der Waals surface area (Å²) >= 11 is 12.4. The van der Waals surface area contributed by atoms with Gasteiger partial charge in [0.1, 0.15) is 0 Å². The topological polar surface area (TPSA) is 29.1 Å². The van der Waals surface area contributed by atoms with Crippen LogP contribution in [0.5, 0.6) is 0 Å². The largest absolute Gasteiger partial charge is 0.355 e. The van der Waals surface area contributed by atoms with Crippen molar-refractivity contribution in [3.63, 3.8) is 0 Å². The molecule has 2 aromatic rings. The predicted octanol–water partition coefficient (Wildman–Crippen LogP) is 3.80. The molecule has 3 rings (SSSR count). The Morgan fingerprint density at radius 1 is 1.05 bits per heavy atom. The number of fused-ring (bicyclic) bond motifs is 1. The maximum absolute atomic E-state index is 11.8. The predicted molar refractivity (Wildman–Crippen MR) is 81.5 cm³/mol. The van der Waals surface area contributed by atoms with Gasteiger partial charge in [0.2, 0.25) is 5.91 Å². The van der Waals surface area contributed by atoms with Crippen LogP contribution in [0, 0.1) is 0 Å². The van der Waals surface area contributed by atoms with E-state index in [-0.39, 0.29) is 11.8 Å². The van der Waals surface area contributed by atoms with Crippen molar-refractivity contribution in [3.8, 4) is 0 Å². The second-order valence-electron chi connectivity index (χ2n) is 4.90. The lowest BCUT2D eigenvalue weighted by Crippen LogP contribution is -2.26. The third kappa shape index (κ3) is 2.54. The second-order valence-corrected chi connectivity index (χ2v) is 5.74. The molecular formula is C16H13Cl2NO. The highest BCUT2D eigenvalue weighted by Gasteiger charge is 2.24. The number of hydrogen-bond acceptors (Lipinski definition) is 1. The highest BCUT2D eigenvalue weighted by atomic mass is 35.5. The monoisotopic (exact) mass is 305 g/mol. The Balaban J connectivity index is 2.15. The van der Waals surface area contributed by atoms with E-state index in [0.29, 0.717) is 23.0 Å². The van der Waals surface area contributed by atoms with Gasteiger partial charge in [0, 0.05) is 22.5 Å². The smallest absolute Gasteiger partial charge is 0.224 e. The molecule has 1 unspecified atom stereocenters. The molecule has 102 valence electrons. The summed E-state index contributed by atoms with van der Waals surface area (Å²) in [6.07, 6.45) is 0.382. The van der Waals surface area contributed by atoms with Gasteiger partial charge in [-0.05, 0) is 34.9 Å². The highest BCUT2D eigenvalue weighted by Crippen LogP contribution is 2.34. The molecule has 0 saturated heterocycles. The maximum Gasteiger partial charge on any atom is 0.224 e. The van der Waals surface area contributed by atoms with Crippen LogP contribution >= 0.6 is 23.2 Å². The summed E-state index contributed by atoms with van der Waals surface area (Å²) in [5, 5.41) is 4.33. The van der Waals surface area contributed by atoms with Crippen molar-refractivity contribution in [2.24, 2.45) is 0 Å². The molecule has 1 atom stereocenters. The summed E-state index contributed by atoms with van der Waals surface area (Å²) in [5.74, 6) is 0.0620. The van der Waals surface area contributed by atoms with E-state index in [1.165, 1.54) is 0 Å². The molecule has 0 aromatic heterocycles. The fourth-order valence-electron chi connectivity index (χ4n) is 2.65. The van der Waals surface area contributed by atoms with Gasteiger partial charge in [-0.1, -0.05) is 47.5 Å². The highest BCUT2D eigenvalue weighted by molar-refractivity contribution is 6.31. The van der Waals surface area contributed by atoms with E-state index in [4.69, 9.17) is 23.2 Å². The third-order valence-corrected chi connectivity index (χ3v) is 4.20. The van der Waals surface area contributed by atoms with Gasteiger partial charge >= 0.3 is 0 Å². The van der Waals surface area contributed by atoms with Crippen LogP contribution in [0.2, 0.25) is 10.0 Å². The lowest BCUT2D eigenvalue weighted by Gasteiger charge is -2.19. The first-order valence-corrected chi connectivity index (χ1v) is 7.20. The van der Waals surface area contributed by atoms with E-state index >= 15 is 0 Å². The molecule has 0 saturated carbocycles. The lowest BCUT2D eigenvalue weighted by molar-refractivity contribution is -0.120. The van der Waals surface area contributed by atoms with Gasteiger partial charge in [0.05, 0.1) is 6.42 Å². The summed E-state index contributed by atoms with van der Waals surface area (Å²) in [5.41, 5.74) is 3.10. The molecule has 0 aliphatic carbocycles. The third-order valence-electron chi connectivity index (χ3n) is 3.62. The van der Waals surface area contributed by atoms with Crippen LogP contribution in [-0.4, -0.2) is 12.5 Å². The lowest BCUT2D eigenvalue weighted by atomic mass is 9.88. The van der Waals surface area contributed by atoms with E-state index in [2.05, 4.69) is 5.32 Å². The number of halogens is 2. The van der Waals surface area contributed by atoms with Crippen LogP contribution in [0.3, 0.4) is 0 Å². The van der Waals surface area contributed by atoms with Crippen LogP contribution in [0.15, 0.2) is 42.5 Å². The molecule has 20 heavy (non-hydrogen) atoms. The zero-order chi connectivity index (χ0) is 14.1. The molecule has 1 amide bonds. The van der Waals surface area contributed by atoms with Gasteiger partial charge in [-0.3, -0.25) is 4.79 Å². The number of rotatable bonds is 1. The van der Waals surface area contributed by atoms with Crippen molar-refractivity contribution in [3.05, 3.63) is 69.2 Å². The number of amides is 1. The van der Waals surface area contributed by atoms with Crippen molar-refractivity contribution in [2.45, 2.75) is 12.3 Å². The van der Waals surface area contributed by atoms with Crippen molar-refractivity contribution in [1.82, 2.24) is 5.32 Å². The van der Waals surface area contributed by atoms with Gasteiger partial charge in [0.15, 0.2) is 0 Å². The quantitative estimate of drug-likeness (QED) is 0.853. The summed E-state index contributed by atoms with van der Waals surface area (Å²) in [6.45, 7) is 0.538. The first-order chi connectivity index (χ1) is 9.65. The Morgan fingerprint density at radius 2 is 1.85 bits per heavy atom. The second kappa shape index (κ2) is 5.47. The molecule has 1 aliphatic heterocycles. The molecule has 2 aromatic carbocycles. The Bertz CT molecular complexity index is 669. The van der Waals surface area contributed by atoms with Crippen LogP contribution in [0.4, 0.5) is 0 Å². The van der Waals surface area contributed by atoms with E-state index < -0.39 is 0 Å². The van der Waals surface area contributed by atoms with E-state index in [0.717, 1.165) is 16.7 Å². The number of hydrogen-bond donors (Lipinski definition) is 1. The molecule has 2 nitrogen and oxygen atoms in total. The van der Waals surface area contributed by atoms with Gasteiger partial charge in [-0.2, -0.15) is 0 Å². The SMILES string of the molecule is O=C1Cc2ccc(Cl)cc2C(c2ccccc2Cl)CN1. The van der Waals surface area contributed by atoms with Crippen LogP contribution in [0.25, 0.3) is 0 Å². The molecule has 1 aliphatic rings. The fourth-order valence-corrected chi connectivity index (χ4v) is 3.10. The molecule has 0 radical (unpaired) electrons. The summed E-state index contributed by atoms with van der Waals surface area (Å²) in [6, 6.07) is 13.4. The molecule has 4 heteroatoms. The minimum Gasteiger partial charge on any atom is -0.355 e. The van der Waals surface area contributed by atoms with E-state index in [1.54, 1.807) is 0 Å². The van der Waals surface area contributed by atoms with Gasteiger partial charge in [0.25, 0.3) is 0 Å². The van der Waals surface area contributed by atoms with Crippen LogP contribution in [0.1, 0.15) is 22.6 Å². The van der Waals surface area contributed by atoms with Gasteiger partial charge in [-0.25, -0.2) is 0 Å². The Labute approximate surface area is 127 Å². The molecule has 1 heterocycles. The first-order valence-electron chi connectivity index (χ1n) is 6.44. The van der Waals surface area contributed by atoms with E-state index in [1.807, 2.05) is 42.5 Å². The van der Waals surface area contributed by atoms with Gasteiger partial charge in [-0.15, -0.1) is 0 Å². The number of nitrogens with one attached hydrogen (secondary N) is 1. The Hall–Kier alpha value is -1.51. The van der Waals surface area contributed by atoms with Crippen molar-refractivity contribution >= 4 is 29.1 Å². The fraction of sp³-hybridized carbons (Fsp3) is 0.188. The average Bonchev–Trinajstić information content (AvgIpc) is 2.58. The van der Waals surface area contributed by atoms with Crippen molar-refractivity contribution in [1.29, 1.82) is 0 Å². The van der Waals surface area contributed by atoms with E-state index in [9.17, 15) is 4.79 Å². The normalized spacial score (nSPS) is 18.1. The Morgan fingerprint density at radius 3 is 2.65 bits per heavy atom. The summed E-state index contributed by atoms with van der Waals surface area (Å²) in [4.78, 5) is 11.8. The molecule has 0 fully saturated rings. The Kier molecular flexibility index (Phi) is 3.68. The van der Waals surface area contributed by atoms with Crippen LogP contribution < -0.4 is 5.32 Å². The minimum atomic E-state index is 0.0307. The minimum absolute atomic E-state index is 0.0307. The average molecular weight is 306 g/mol. The summed E-state index contributed by atoms with van der Waals surface area (Å²) in [7, 11) is 0. The van der Waals surface area contributed by atoms with Crippen molar-refractivity contribution < 1.29 is 4.79 Å². The van der Waals surface area contributed by atoms with Gasteiger partial charge < -0.3 is 5.32 Å². The zero-order valence-corrected chi connectivity index (χ0v) is 12.2. The number of carbonyl (C=O) groups is 1. The van der Waals surface area contributed by atoms with Crippen molar-refractivity contribution in [2.75, 3.05) is 6.54 Å². The molecule has 1 N–H and O–H groups in total. The van der Waals surface area contributed by atoms with Crippen LogP contribution in [-0.2, 0) is 11.2 Å². The summed E-state index contributed by atoms with van der Waals surface area (Å²) < 4.78 is 0. The molecular weight excluding hydrogens is 293 g/mol. The number of carbonyl (C=O) groups excluding carboxylic acids is 1.